The average molecular weight is 179 g/mol. The van der Waals surface area contributed by atoms with Gasteiger partial charge >= 0.3 is 0 Å². The number of nitrogens with zero attached hydrogens (tertiary/aromatic N) is 1. The lowest BCUT2D eigenvalue weighted by Gasteiger charge is -2.42. The van der Waals surface area contributed by atoms with Gasteiger partial charge in [0.15, 0.2) is 0 Å². The summed E-state index contributed by atoms with van der Waals surface area (Å²) >= 11 is 0. The Morgan fingerprint density at radius 1 is 1.00 bits per heavy atom. The summed E-state index contributed by atoms with van der Waals surface area (Å²) in [4.78, 5) is 0. The fourth-order valence-electron chi connectivity index (χ4n) is 3.71. The lowest BCUT2D eigenvalue weighted by Crippen LogP contribution is -2.49. The molecule has 7 atom stereocenters. The van der Waals surface area contributed by atoms with E-state index in [0.29, 0.717) is 11.8 Å². The molecule has 1 unspecified atom stereocenters. The number of fused-ring (bicyclic) bond motifs is 2. The summed E-state index contributed by atoms with van der Waals surface area (Å²) in [6.07, 6.45) is 0.890. The van der Waals surface area contributed by atoms with Crippen molar-refractivity contribution in [2.45, 2.75) is 25.0 Å². The molecule has 3 nitrogen and oxygen atoms in total. The minimum Gasteiger partial charge on any atom is -0.390 e. The Bertz CT molecular complexity index is 263. The number of hydrogen-bond donors (Lipinski definition) is 2. The summed E-state index contributed by atoms with van der Waals surface area (Å²) in [7, 11) is 0. The monoisotopic (exact) mass is 179 g/mol. The van der Waals surface area contributed by atoms with E-state index in [-0.39, 0.29) is 17.8 Å². The highest BCUT2D eigenvalue weighted by Gasteiger charge is 2.67. The van der Waals surface area contributed by atoms with Crippen molar-refractivity contribution in [2.75, 3.05) is 0 Å². The van der Waals surface area contributed by atoms with Crippen LogP contribution in [0.3, 0.4) is 0 Å². The maximum Gasteiger partial charge on any atom is 0.0833 e. The van der Waals surface area contributed by atoms with Gasteiger partial charge in [-0.15, -0.1) is 0 Å². The van der Waals surface area contributed by atoms with Crippen molar-refractivity contribution in [1.82, 2.24) is 0 Å². The van der Waals surface area contributed by atoms with Gasteiger partial charge in [0, 0.05) is 0 Å². The summed E-state index contributed by atoms with van der Waals surface area (Å²) in [6.45, 7) is 0. The lowest BCUT2D eigenvalue weighted by atomic mass is 9.67. The predicted molar refractivity (Wildman–Crippen MR) is 44.3 cm³/mol. The van der Waals surface area contributed by atoms with Crippen molar-refractivity contribution >= 4 is 0 Å². The summed E-state index contributed by atoms with van der Waals surface area (Å²) in [5, 5.41) is 28.3. The van der Waals surface area contributed by atoms with Gasteiger partial charge in [0.25, 0.3) is 0 Å². The Balaban J connectivity index is 1.93. The van der Waals surface area contributed by atoms with Crippen LogP contribution in [0.2, 0.25) is 0 Å². The molecule has 4 aliphatic rings. The van der Waals surface area contributed by atoms with Crippen molar-refractivity contribution < 1.29 is 10.2 Å². The van der Waals surface area contributed by atoms with Crippen LogP contribution in [0.5, 0.6) is 0 Å². The third-order valence-corrected chi connectivity index (χ3v) is 4.33. The minimum absolute atomic E-state index is 0.129. The molecule has 2 N–H and O–H groups in total. The molecular weight excluding hydrogens is 166 g/mol. The Morgan fingerprint density at radius 2 is 1.46 bits per heavy atom. The van der Waals surface area contributed by atoms with Crippen LogP contribution in [0, 0.1) is 40.9 Å². The van der Waals surface area contributed by atoms with Crippen LogP contribution in [-0.4, -0.2) is 22.4 Å². The first-order valence-corrected chi connectivity index (χ1v) is 5.01. The van der Waals surface area contributed by atoms with Crippen LogP contribution in [0.25, 0.3) is 0 Å². The SMILES string of the molecule is N#CC1[C@@H]2[C@@H]3CC[C@@H]([C@@H](O)[C@H]3O)[C@H]12. The van der Waals surface area contributed by atoms with Crippen molar-refractivity contribution in [2.24, 2.45) is 29.6 Å². The Labute approximate surface area is 77.0 Å². The highest BCUT2D eigenvalue weighted by Crippen LogP contribution is 2.65. The van der Waals surface area contributed by atoms with Gasteiger partial charge in [0.2, 0.25) is 0 Å². The van der Waals surface area contributed by atoms with Gasteiger partial charge in [0.1, 0.15) is 0 Å². The molecule has 4 saturated carbocycles. The molecule has 3 heteroatoms. The average Bonchev–Trinajstić information content (AvgIpc) is 2.87. The van der Waals surface area contributed by atoms with E-state index >= 15 is 0 Å². The van der Waals surface area contributed by atoms with Crippen molar-refractivity contribution in [1.29, 1.82) is 5.26 Å². The van der Waals surface area contributed by atoms with Gasteiger partial charge in [-0.1, -0.05) is 0 Å². The van der Waals surface area contributed by atoms with Crippen LogP contribution in [0.1, 0.15) is 12.8 Å². The second-order valence-corrected chi connectivity index (χ2v) is 4.70. The third-order valence-electron chi connectivity index (χ3n) is 4.33. The fraction of sp³-hybridized carbons (Fsp3) is 0.900. The van der Waals surface area contributed by atoms with E-state index in [2.05, 4.69) is 6.07 Å². The predicted octanol–water partition coefficient (Wildman–Crippen LogP) is 0.134. The second-order valence-electron chi connectivity index (χ2n) is 4.70. The molecule has 0 amide bonds. The largest absolute Gasteiger partial charge is 0.390 e. The van der Waals surface area contributed by atoms with E-state index in [0.717, 1.165) is 12.8 Å². The van der Waals surface area contributed by atoms with E-state index in [1.54, 1.807) is 0 Å². The van der Waals surface area contributed by atoms with Crippen LogP contribution in [0.4, 0.5) is 0 Å². The number of rotatable bonds is 0. The van der Waals surface area contributed by atoms with Gasteiger partial charge in [0.05, 0.1) is 24.2 Å². The summed E-state index contributed by atoms with van der Waals surface area (Å²) in [5.41, 5.74) is 0. The molecule has 13 heavy (non-hydrogen) atoms. The smallest absolute Gasteiger partial charge is 0.0833 e. The molecule has 4 aliphatic carbocycles. The van der Waals surface area contributed by atoms with Crippen molar-refractivity contribution in [3.05, 3.63) is 0 Å². The van der Waals surface area contributed by atoms with Crippen LogP contribution < -0.4 is 0 Å². The van der Waals surface area contributed by atoms with Gasteiger partial charge < -0.3 is 10.2 Å². The maximum absolute atomic E-state index is 9.72. The molecule has 0 heterocycles. The first kappa shape index (κ1) is 7.78. The number of aliphatic hydroxyl groups is 2. The molecule has 0 aromatic carbocycles. The van der Waals surface area contributed by atoms with Crippen molar-refractivity contribution in [3.63, 3.8) is 0 Å². The first-order valence-electron chi connectivity index (χ1n) is 5.01. The second kappa shape index (κ2) is 2.26. The normalized spacial score (nSPS) is 62.7. The quantitative estimate of drug-likeness (QED) is 0.555. The molecular formula is C10H13NO2. The summed E-state index contributed by atoms with van der Waals surface area (Å²) in [5.74, 6) is 1.35. The number of hydrogen-bond acceptors (Lipinski definition) is 3. The molecule has 0 aromatic heterocycles. The van der Waals surface area contributed by atoms with Gasteiger partial charge in [-0.2, -0.15) is 5.26 Å². The first-order chi connectivity index (χ1) is 6.25. The van der Waals surface area contributed by atoms with Gasteiger partial charge in [-0.3, -0.25) is 0 Å². The fourth-order valence-corrected chi connectivity index (χ4v) is 3.71. The molecule has 4 rings (SSSR count). The van der Waals surface area contributed by atoms with Crippen LogP contribution in [-0.2, 0) is 0 Å². The minimum atomic E-state index is -0.557. The molecule has 0 spiro atoms. The molecule has 0 aliphatic heterocycles. The van der Waals surface area contributed by atoms with Crippen LogP contribution in [0.15, 0.2) is 0 Å². The topological polar surface area (TPSA) is 64.2 Å². The van der Waals surface area contributed by atoms with E-state index in [1.807, 2.05) is 0 Å². The van der Waals surface area contributed by atoms with Gasteiger partial charge in [-0.25, -0.2) is 0 Å². The number of aliphatic hydroxyl groups excluding tert-OH is 2. The third kappa shape index (κ3) is 0.762. The highest BCUT2D eigenvalue weighted by atomic mass is 16.3. The Morgan fingerprint density at radius 3 is 1.85 bits per heavy atom. The highest BCUT2D eigenvalue weighted by molar-refractivity contribution is 5.20. The van der Waals surface area contributed by atoms with E-state index in [4.69, 9.17) is 5.26 Å². The van der Waals surface area contributed by atoms with E-state index < -0.39 is 12.2 Å². The van der Waals surface area contributed by atoms with E-state index in [9.17, 15) is 10.2 Å². The van der Waals surface area contributed by atoms with Crippen LogP contribution >= 0.6 is 0 Å². The molecule has 2 bridgehead atoms. The van der Waals surface area contributed by atoms with E-state index in [1.165, 1.54) is 0 Å². The zero-order valence-corrected chi connectivity index (χ0v) is 7.30. The zero-order valence-electron chi connectivity index (χ0n) is 7.30. The molecule has 0 radical (unpaired) electrons. The lowest BCUT2D eigenvalue weighted by molar-refractivity contribution is -0.113. The van der Waals surface area contributed by atoms with Gasteiger partial charge in [-0.05, 0) is 36.5 Å². The molecule has 0 aromatic rings. The summed E-state index contributed by atoms with van der Waals surface area (Å²) < 4.78 is 0. The zero-order chi connectivity index (χ0) is 9.16. The standard InChI is InChI=1S/C10H13NO2/c11-3-6-7-4-1-2-5(8(6)7)10(13)9(4)12/h4-10,12-13H,1-2H2/t4-,5+,6?,7-,8+,9-,10+. The molecule has 4 fully saturated rings. The van der Waals surface area contributed by atoms with Crippen molar-refractivity contribution in [3.8, 4) is 6.07 Å². The maximum atomic E-state index is 9.72. The summed E-state index contributed by atoms with van der Waals surface area (Å²) in [6, 6.07) is 2.30. The number of nitriles is 1. The Kier molecular flexibility index (Phi) is 1.35. The molecule has 70 valence electrons. The Hall–Kier alpha value is -0.590. The molecule has 0 saturated heterocycles.